The average Bonchev–Trinajstić information content (AvgIpc) is 2.53. The maximum atomic E-state index is 11.5. The topological polar surface area (TPSA) is 80.5 Å². The van der Waals surface area contributed by atoms with Gasteiger partial charge in [-0.1, -0.05) is 6.07 Å². The van der Waals surface area contributed by atoms with Gasteiger partial charge in [0.25, 0.3) is 5.69 Å². The predicted molar refractivity (Wildman–Crippen MR) is 79.3 cm³/mol. The van der Waals surface area contributed by atoms with Crippen molar-refractivity contribution in [3.8, 4) is 0 Å². The fourth-order valence-corrected chi connectivity index (χ4v) is 3.90. The van der Waals surface area contributed by atoms with E-state index >= 15 is 0 Å². The molecule has 1 aromatic carbocycles. The highest BCUT2D eigenvalue weighted by molar-refractivity contribution is 9.10. The van der Waals surface area contributed by atoms with Crippen LogP contribution in [-0.4, -0.2) is 42.8 Å². The molecule has 0 saturated carbocycles. The number of sulfone groups is 1. The second kappa shape index (κ2) is 6.19. The number of benzene rings is 1. The first-order chi connectivity index (χ1) is 9.37. The molecule has 1 aliphatic rings. The van der Waals surface area contributed by atoms with Gasteiger partial charge in [0.2, 0.25) is 0 Å². The molecule has 1 aromatic rings. The van der Waals surface area contributed by atoms with E-state index in [1.54, 1.807) is 6.07 Å². The summed E-state index contributed by atoms with van der Waals surface area (Å²) in [6.07, 6.45) is 0.612. The van der Waals surface area contributed by atoms with Crippen molar-refractivity contribution in [2.45, 2.75) is 13.0 Å². The number of nitro groups is 1. The van der Waals surface area contributed by atoms with E-state index in [9.17, 15) is 18.5 Å². The summed E-state index contributed by atoms with van der Waals surface area (Å²) in [5, 5.41) is 10.9. The highest BCUT2D eigenvalue weighted by Crippen LogP contribution is 2.26. The molecular formula is C12H15BrN2O4S. The lowest BCUT2D eigenvalue weighted by atomic mass is 10.2. The van der Waals surface area contributed by atoms with Crippen molar-refractivity contribution in [2.75, 3.05) is 24.6 Å². The summed E-state index contributed by atoms with van der Waals surface area (Å²) in [4.78, 5) is 12.5. The molecule has 2 rings (SSSR count). The van der Waals surface area contributed by atoms with Crippen molar-refractivity contribution in [1.29, 1.82) is 0 Å². The monoisotopic (exact) mass is 362 g/mol. The van der Waals surface area contributed by atoms with Crippen LogP contribution in [0, 0.1) is 10.1 Å². The lowest BCUT2D eigenvalue weighted by molar-refractivity contribution is -0.385. The Morgan fingerprint density at radius 3 is 2.75 bits per heavy atom. The molecule has 0 N–H and O–H groups in total. The molecule has 0 atom stereocenters. The van der Waals surface area contributed by atoms with Crippen LogP contribution in [0.1, 0.15) is 12.0 Å². The molecule has 0 spiro atoms. The van der Waals surface area contributed by atoms with E-state index in [1.807, 2.05) is 11.0 Å². The number of nitro benzene ring substituents is 1. The van der Waals surface area contributed by atoms with Gasteiger partial charge in [-0.15, -0.1) is 0 Å². The van der Waals surface area contributed by atoms with Crippen molar-refractivity contribution in [3.05, 3.63) is 38.3 Å². The zero-order chi connectivity index (χ0) is 14.8. The van der Waals surface area contributed by atoms with Gasteiger partial charge in [-0.05, 0) is 40.5 Å². The van der Waals surface area contributed by atoms with Gasteiger partial charge in [0, 0.05) is 19.2 Å². The third-order valence-corrected chi connectivity index (χ3v) is 5.65. The lowest BCUT2D eigenvalue weighted by Gasteiger charge is -2.19. The summed E-state index contributed by atoms with van der Waals surface area (Å²) in [5.74, 6) is 0.385. The van der Waals surface area contributed by atoms with E-state index in [0.717, 1.165) is 5.56 Å². The molecule has 6 nitrogen and oxygen atoms in total. The summed E-state index contributed by atoms with van der Waals surface area (Å²) in [5.41, 5.74) is 0.851. The quantitative estimate of drug-likeness (QED) is 0.606. The Bertz CT molecular complexity index is 618. The fourth-order valence-electron chi connectivity index (χ4n) is 2.20. The van der Waals surface area contributed by atoms with Crippen molar-refractivity contribution < 1.29 is 13.3 Å². The fraction of sp³-hybridized carbons (Fsp3) is 0.500. The first-order valence-corrected chi connectivity index (χ1v) is 8.84. The third kappa shape index (κ3) is 4.00. The van der Waals surface area contributed by atoms with Gasteiger partial charge in [0.15, 0.2) is 9.84 Å². The van der Waals surface area contributed by atoms with E-state index < -0.39 is 14.8 Å². The van der Waals surface area contributed by atoms with Gasteiger partial charge in [0.05, 0.1) is 20.9 Å². The molecular weight excluding hydrogens is 348 g/mol. The van der Waals surface area contributed by atoms with Gasteiger partial charge in [-0.3, -0.25) is 15.0 Å². The van der Waals surface area contributed by atoms with Crippen LogP contribution in [0.4, 0.5) is 5.69 Å². The Kier molecular flexibility index (Phi) is 4.77. The second-order valence-electron chi connectivity index (χ2n) is 4.82. The van der Waals surface area contributed by atoms with E-state index in [2.05, 4.69) is 15.9 Å². The summed E-state index contributed by atoms with van der Waals surface area (Å²) in [7, 11) is -2.93. The number of halogens is 1. The first kappa shape index (κ1) is 15.4. The zero-order valence-electron chi connectivity index (χ0n) is 10.8. The molecule has 1 aliphatic heterocycles. The van der Waals surface area contributed by atoms with Gasteiger partial charge in [0.1, 0.15) is 0 Å². The maximum Gasteiger partial charge on any atom is 0.283 e. The number of hydrogen-bond acceptors (Lipinski definition) is 5. The molecule has 0 amide bonds. The van der Waals surface area contributed by atoms with Crippen molar-refractivity contribution in [3.63, 3.8) is 0 Å². The van der Waals surface area contributed by atoms with Crippen LogP contribution in [0.2, 0.25) is 0 Å². The Balaban J connectivity index is 2.10. The van der Waals surface area contributed by atoms with Crippen LogP contribution in [0.15, 0.2) is 22.7 Å². The molecule has 1 saturated heterocycles. The molecule has 0 radical (unpaired) electrons. The molecule has 0 unspecified atom stereocenters. The minimum atomic E-state index is -2.93. The molecule has 0 aliphatic carbocycles. The van der Waals surface area contributed by atoms with Crippen molar-refractivity contribution in [1.82, 2.24) is 4.90 Å². The van der Waals surface area contributed by atoms with Gasteiger partial charge in [-0.2, -0.15) is 0 Å². The molecule has 1 heterocycles. The SMILES string of the molecule is O=[N+]([O-])c1cc(CN2CCCS(=O)(=O)CC2)ccc1Br. The number of hydrogen-bond donors (Lipinski definition) is 0. The minimum Gasteiger partial charge on any atom is -0.298 e. The third-order valence-electron chi connectivity index (χ3n) is 3.26. The van der Waals surface area contributed by atoms with Crippen molar-refractivity contribution >= 4 is 31.5 Å². The highest BCUT2D eigenvalue weighted by atomic mass is 79.9. The van der Waals surface area contributed by atoms with Gasteiger partial charge >= 0.3 is 0 Å². The average molecular weight is 363 g/mol. The van der Waals surface area contributed by atoms with Crippen LogP contribution in [-0.2, 0) is 16.4 Å². The van der Waals surface area contributed by atoms with E-state index in [4.69, 9.17) is 0 Å². The molecule has 1 fully saturated rings. The highest BCUT2D eigenvalue weighted by Gasteiger charge is 2.20. The summed E-state index contributed by atoms with van der Waals surface area (Å²) in [6, 6.07) is 5.00. The molecule has 0 aromatic heterocycles. The smallest absolute Gasteiger partial charge is 0.283 e. The molecule has 110 valence electrons. The van der Waals surface area contributed by atoms with Crippen molar-refractivity contribution in [2.24, 2.45) is 0 Å². The van der Waals surface area contributed by atoms with E-state index in [1.165, 1.54) is 6.07 Å². The van der Waals surface area contributed by atoms with E-state index in [0.29, 0.717) is 30.5 Å². The maximum absolute atomic E-state index is 11.5. The van der Waals surface area contributed by atoms with Crippen LogP contribution >= 0.6 is 15.9 Å². The number of rotatable bonds is 3. The normalized spacial score (nSPS) is 19.4. The van der Waals surface area contributed by atoms with Gasteiger partial charge in [-0.25, -0.2) is 8.42 Å². The summed E-state index contributed by atoms with van der Waals surface area (Å²) in [6.45, 7) is 1.71. The number of nitrogens with zero attached hydrogens (tertiary/aromatic N) is 2. The van der Waals surface area contributed by atoms with Crippen LogP contribution < -0.4 is 0 Å². The largest absolute Gasteiger partial charge is 0.298 e. The summed E-state index contributed by atoms with van der Waals surface area (Å²) >= 11 is 3.15. The standard InChI is InChI=1S/C12H15BrN2O4S/c13-11-3-2-10(8-12(11)15(16)17)9-14-4-1-6-20(18,19)7-5-14/h2-3,8H,1,4-7,9H2. The Morgan fingerprint density at radius 2 is 2.05 bits per heavy atom. The van der Waals surface area contributed by atoms with Gasteiger partial charge < -0.3 is 0 Å². The lowest BCUT2D eigenvalue weighted by Crippen LogP contribution is -2.26. The summed E-state index contributed by atoms with van der Waals surface area (Å²) < 4.78 is 23.5. The van der Waals surface area contributed by atoms with E-state index in [-0.39, 0.29) is 17.2 Å². The first-order valence-electron chi connectivity index (χ1n) is 6.23. The zero-order valence-corrected chi connectivity index (χ0v) is 13.2. The Hall–Kier alpha value is -0.990. The molecule has 8 heteroatoms. The van der Waals surface area contributed by atoms with Crippen LogP contribution in [0.5, 0.6) is 0 Å². The van der Waals surface area contributed by atoms with Crippen LogP contribution in [0.3, 0.4) is 0 Å². The Morgan fingerprint density at radius 1 is 1.30 bits per heavy atom. The van der Waals surface area contributed by atoms with Crippen LogP contribution in [0.25, 0.3) is 0 Å². The Labute approximate surface area is 126 Å². The second-order valence-corrected chi connectivity index (χ2v) is 7.98. The minimum absolute atomic E-state index is 0.0324. The molecule has 0 bridgehead atoms. The predicted octanol–water partition coefficient (Wildman–Crippen LogP) is 1.98. The molecule has 20 heavy (non-hydrogen) atoms.